The van der Waals surface area contributed by atoms with E-state index in [1.165, 1.54) is 21.3 Å². The molecule has 0 aromatic heterocycles. The zero-order chi connectivity index (χ0) is 19.6. The van der Waals surface area contributed by atoms with E-state index in [4.69, 9.17) is 23.7 Å². The molecule has 1 aliphatic heterocycles. The van der Waals surface area contributed by atoms with Crippen LogP contribution < -0.4 is 23.7 Å². The van der Waals surface area contributed by atoms with Crippen molar-refractivity contribution in [1.29, 1.82) is 0 Å². The third-order valence-corrected chi connectivity index (χ3v) is 4.85. The lowest BCUT2D eigenvalue weighted by molar-refractivity contribution is -0.117. The number of hydrogen-bond donors (Lipinski definition) is 0. The second kappa shape index (κ2) is 9.34. The average molecular weight is 516 g/mol. The van der Waals surface area contributed by atoms with Gasteiger partial charge in [-0.3, -0.25) is 4.79 Å². The number of carbonyl (C=O) groups is 1. The molecular weight excluding hydrogens is 496 g/mol. The second-order valence-corrected chi connectivity index (χ2v) is 6.48. The van der Waals surface area contributed by atoms with Gasteiger partial charge in [0.1, 0.15) is 5.75 Å². The van der Waals surface area contributed by atoms with Gasteiger partial charge in [-0.1, -0.05) is 12.1 Å². The minimum atomic E-state index is -0.848. The summed E-state index contributed by atoms with van der Waals surface area (Å²) < 4.78 is 27.5. The van der Waals surface area contributed by atoms with Gasteiger partial charge in [0.05, 0.1) is 28.4 Å². The highest BCUT2D eigenvalue weighted by molar-refractivity contribution is 9.09. The minimum absolute atomic E-state index is 0. The summed E-state index contributed by atoms with van der Waals surface area (Å²) in [5.41, 5.74) is 2.16. The average Bonchev–Trinajstić information content (AvgIpc) is 2.82. The predicted octanol–water partition coefficient (Wildman–Crippen LogP) is 4.41. The first-order chi connectivity index (χ1) is 13.0. The van der Waals surface area contributed by atoms with Crippen LogP contribution in [0, 0.1) is 0 Å². The molecule has 0 amide bonds. The number of halogens is 2. The lowest BCUT2D eigenvalue weighted by atomic mass is 9.95. The van der Waals surface area contributed by atoms with Crippen LogP contribution in [0.4, 0.5) is 0 Å². The van der Waals surface area contributed by atoms with E-state index in [1.807, 2.05) is 24.3 Å². The van der Waals surface area contributed by atoms with Gasteiger partial charge in [0.25, 0.3) is 0 Å². The van der Waals surface area contributed by atoms with Crippen molar-refractivity contribution in [2.24, 2.45) is 0 Å². The van der Waals surface area contributed by atoms with Crippen molar-refractivity contribution in [3.8, 4) is 28.7 Å². The zero-order valence-electron chi connectivity index (χ0n) is 15.8. The van der Waals surface area contributed by atoms with Crippen LogP contribution in [0.25, 0.3) is 5.57 Å². The minimum Gasteiger partial charge on any atom is -0.497 e. The number of fused-ring (bicyclic) bond motifs is 1. The van der Waals surface area contributed by atoms with Gasteiger partial charge in [0.2, 0.25) is 22.3 Å². The molecule has 2 aromatic rings. The molecular formula is C20H20Br2O6. The van der Waals surface area contributed by atoms with Crippen molar-refractivity contribution in [3.05, 3.63) is 47.5 Å². The van der Waals surface area contributed by atoms with Crippen LogP contribution in [0.1, 0.15) is 11.1 Å². The Morgan fingerprint density at radius 3 is 2.11 bits per heavy atom. The van der Waals surface area contributed by atoms with Gasteiger partial charge in [-0.05, 0) is 51.3 Å². The smallest absolute Gasteiger partial charge is 0.215 e. The maximum atomic E-state index is 12.5. The summed E-state index contributed by atoms with van der Waals surface area (Å²) in [6.45, 7) is 0. The quantitative estimate of drug-likeness (QED) is 0.549. The fourth-order valence-electron chi connectivity index (χ4n) is 2.90. The van der Waals surface area contributed by atoms with Gasteiger partial charge in [-0.15, -0.1) is 17.0 Å². The Labute approximate surface area is 182 Å². The first-order valence-corrected chi connectivity index (χ1v) is 8.99. The molecule has 0 aliphatic carbocycles. The van der Waals surface area contributed by atoms with E-state index in [9.17, 15) is 4.79 Å². The Balaban J connectivity index is 0.00000280. The topological polar surface area (TPSA) is 63.2 Å². The van der Waals surface area contributed by atoms with Crippen LogP contribution in [-0.4, -0.2) is 39.2 Å². The molecule has 0 fully saturated rings. The fourth-order valence-corrected chi connectivity index (χ4v) is 3.22. The van der Waals surface area contributed by atoms with Crippen LogP contribution in [0.15, 0.2) is 36.4 Å². The van der Waals surface area contributed by atoms with E-state index in [0.717, 1.165) is 11.3 Å². The number of methoxy groups -OCH3 is 4. The summed E-state index contributed by atoms with van der Waals surface area (Å²) in [5.74, 6) is 2.10. The third-order valence-electron chi connectivity index (χ3n) is 4.21. The summed E-state index contributed by atoms with van der Waals surface area (Å²) >= 11 is 3.28. The Bertz CT molecular complexity index is 893. The van der Waals surface area contributed by atoms with Crippen molar-refractivity contribution in [2.45, 2.75) is 5.01 Å². The van der Waals surface area contributed by atoms with Crippen LogP contribution in [0.5, 0.6) is 28.7 Å². The first kappa shape index (κ1) is 22.1. The molecule has 2 aromatic carbocycles. The highest BCUT2D eigenvalue weighted by atomic mass is 79.9. The van der Waals surface area contributed by atoms with Crippen molar-refractivity contribution < 1.29 is 28.5 Å². The predicted molar refractivity (Wildman–Crippen MR) is 115 cm³/mol. The number of alkyl halides is 1. The molecule has 6 nitrogen and oxygen atoms in total. The van der Waals surface area contributed by atoms with E-state index >= 15 is 0 Å². The number of hydrogen-bond acceptors (Lipinski definition) is 6. The first-order valence-electron chi connectivity index (χ1n) is 8.08. The Morgan fingerprint density at radius 2 is 1.57 bits per heavy atom. The summed E-state index contributed by atoms with van der Waals surface area (Å²) in [6, 6.07) is 9.18. The number of rotatable bonds is 5. The molecule has 0 bridgehead atoms. The van der Waals surface area contributed by atoms with Gasteiger partial charge < -0.3 is 23.7 Å². The molecule has 28 heavy (non-hydrogen) atoms. The summed E-state index contributed by atoms with van der Waals surface area (Å²) in [7, 11) is 6.16. The second-order valence-electron chi connectivity index (χ2n) is 5.64. The summed E-state index contributed by atoms with van der Waals surface area (Å²) in [5, 5.41) is -0.848. The maximum Gasteiger partial charge on any atom is 0.215 e. The largest absolute Gasteiger partial charge is 0.497 e. The molecule has 1 heterocycles. The van der Waals surface area contributed by atoms with E-state index in [-0.39, 0.29) is 22.8 Å². The van der Waals surface area contributed by atoms with Gasteiger partial charge in [0.15, 0.2) is 11.5 Å². The Kier molecular flexibility index (Phi) is 7.37. The number of ketones is 1. The Morgan fingerprint density at radius 1 is 0.929 bits per heavy atom. The molecule has 150 valence electrons. The van der Waals surface area contributed by atoms with Gasteiger partial charge in [0, 0.05) is 5.56 Å². The van der Waals surface area contributed by atoms with Crippen molar-refractivity contribution in [2.75, 3.05) is 28.4 Å². The summed E-state index contributed by atoms with van der Waals surface area (Å²) in [6.07, 6.45) is 1.54. The lowest BCUT2D eigenvalue weighted by Gasteiger charge is -2.20. The third kappa shape index (κ3) is 3.98. The summed E-state index contributed by atoms with van der Waals surface area (Å²) in [4.78, 5) is 12.5. The molecule has 3 rings (SSSR count). The molecule has 1 atom stereocenters. The molecule has 0 N–H and O–H groups in total. The van der Waals surface area contributed by atoms with Gasteiger partial charge >= 0.3 is 0 Å². The Hall–Kier alpha value is -2.19. The molecule has 8 heteroatoms. The zero-order valence-corrected chi connectivity index (χ0v) is 19.1. The maximum absolute atomic E-state index is 12.5. The van der Waals surface area contributed by atoms with E-state index in [2.05, 4.69) is 15.9 Å². The molecule has 0 radical (unpaired) electrons. The number of carbonyl (C=O) groups excluding carboxylic acids is 1. The monoisotopic (exact) mass is 514 g/mol. The van der Waals surface area contributed by atoms with Crippen molar-refractivity contribution in [3.63, 3.8) is 0 Å². The lowest BCUT2D eigenvalue weighted by Crippen LogP contribution is -2.17. The van der Waals surface area contributed by atoms with Crippen LogP contribution >= 0.6 is 32.9 Å². The molecule has 0 saturated carbocycles. The normalized spacial score (nSPS) is 15.2. The number of ether oxygens (including phenoxy) is 5. The molecule has 0 spiro atoms. The highest BCUT2D eigenvalue weighted by Crippen LogP contribution is 2.51. The number of benzene rings is 2. The molecule has 1 aliphatic rings. The van der Waals surface area contributed by atoms with E-state index in [1.54, 1.807) is 19.3 Å². The van der Waals surface area contributed by atoms with Gasteiger partial charge in [-0.2, -0.15) is 0 Å². The highest BCUT2D eigenvalue weighted by Gasteiger charge is 2.31. The van der Waals surface area contributed by atoms with Crippen LogP contribution in [0.3, 0.4) is 0 Å². The molecule has 0 saturated heterocycles. The van der Waals surface area contributed by atoms with Gasteiger partial charge in [-0.25, -0.2) is 0 Å². The fraction of sp³-hybridized carbons (Fsp3) is 0.250. The van der Waals surface area contributed by atoms with E-state index < -0.39 is 5.01 Å². The standard InChI is InChI=1S/C20H19BrO6.BrH/c1-23-12-7-5-11(6-8-12)13-9-15(22)20(21)27-17-14(13)10-16(24-2)18(25-3)19(17)26-4;/h5-10,20H,1-4H3;1H. The SMILES string of the molecule is Br.COc1ccc(C2=CC(=O)C(Br)Oc3c2cc(OC)c(OC)c3OC)cc1. The van der Waals surface area contributed by atoms with Crippen molar-refractivity contribution in [1.82, 2.24) is 0 Å². The van der Waals surface area contributed by atoms with E-state index in [0.29, 0.717) is 34.1 Å². The molecule has 1 unspecified atom stereocenters. The van der Waals surface area contributed by atoms with Crippen LogP contribution in [0.2, 0.25) is 0 Å². The van der Waals surface area contributed by atoms with Crippen LogP contribution in [-0.2, 0) is 4.79 Å². The van der Waals surface area contributed by atoms with Crippen molar-refractivity contribution >= 4 is 44.3 Å².